The van der Waals surface area contributed by atoms with Crippen molar-refractivity contribution in [1.82, 2.24) is 4.31 Å². The van der Waals surface area contributed by atoms with Crippen LogP contribution in [0.2, 0.25) is 0 Å². The van der Waals surface area contributed by atoms with Gasteiger partial charge in [0.2, 0.25) is 10.0 Å². The topological polar surface area (TPSA) is 83.9 Å². The summed E-state index contributed by atoms with van der Waals surface area (Å²) >= 11 is 0. The maximum atomic E-state index is 12.5. The fraction of sp³-hybridized carbons (Fsp3) is 0.750. The van der Waals surface area contributed by atoms with Gasteiger partial charge in [0.1, 0.15) is 0 Å². The summed E-state index contributed by atoms with van der Waals surface area (Å²) in [5, 5.41) is 8.20. The summed E-state index contributed by atoms with van der Waals surface area (Å²) in [6.07, 6.45) is 3.12. The second-order valence-electron chi connectivity index (χ2n) is 4.51. The Morgan fingerprint density at radius 2 is 2.21 bits per heavy atom. The highest BCUT2D eigenvalue weighted by atomic mass is 32.2. The summed E-state index contributed by atoms with van der Waals surface area (Å²) in [6.45, 7) is 3.40. The average molecular weight is 291 g/mol. The van der Waals surface area contributed by atoms with E-state index in [1.807, 2.05) is 0 Å². The smallest absolute Gasteiger partial charge is 0.310 e. The van der Waals surface area contributed by atoms with Crippen molar-refractivity contribution in [2.45, 2.75) is 24.5 Å². The van der Waals surface area contributed by atoms with Gasteiger partial charge in [0.15, 0.2) is 0 Å². The van der Waals surface area contributed by atoms with Crippen molar-refractivity contribution in [3.05, 3.63) is 12.7 Å². The number of aliphatic hydroxyl groups excluding tert-OH is 1. The van der Waals surface area contributed by atoms with Gasteiger partial charge in [0.05, 0.1) is 24.9 Å². The van der Waals surface area contributed by atoms with Gasteiger partial charge >= 0.3 is 5.97 Å². The van der Waals surface area contributed by atoms with Crippen LogP contribution in [0, 0.1) is 5.92 Å². The van der Waals surface area contributed by atoms with Crippen molar-refractivity contribution in [2.75, 3.05) is 26.8 Å². The third kappa shape index (κ3) is 3.55. The van der Waals surface area contributed by atoms with Crippen molar-refractivity contribution in [2.24, 2.45) is 5.92 Å². The number of hydrogen-bond donors (Lipinski definition) is 1. The molecule has 1 aliphatic carbocycles. The normalized spacial score (nSPS) is 23.5. The summed E-state index contributed by atoms with van der Waals surface area (Å²) in [6, 6.07) is 0. The highest BCUT2D eigenvalue weighted by Crippen LogP contribution is 2.33. The predicted molar refractivity (Wildman–Crippen MR) is 70.9 cm³/mol. The molecular formula is C12H21NO5S. The molecule has 6 nitrogen and oxygen atoms in total. The third-order valence-electron chi connectivity index (χ3n) is 3.38. The van der Waals surface area contributed by atoms with Crippen LogP contribution in [0.25, 0.3) is 0 Å². The molecule has 1 fully saturated rings. The maximum absolute atomic E-state index is 12.5. The Balaban J connectivity index is 2.96. The Kier molecular flexibility index (Phi) is 5.96. The lowest BCUT2D eigenvalue weighted by molar-refractivity contribution is -0.145. The largest absolute Gasteiger partial charge is 0.469 e. The fourth-order valence-electron chi connectivity index (χ4n) is 2.47. The molecule has 0 bridgehead atoms. The number of methoxy groups -OCH3 is 1. The van der Waals surface area contributed by atoms with Gasteiger partial charge in [-0.15, -0.1) is 6.58 Å². The van der Waals surface area contributed by atoms with E-state index in [1.165, 1.54) is 17.5 Å². The van der Waals surface area contributed by atoms with Crippen LogP contribution >= 0.6 is 0 Å². The molecule has 0 aliphatic heterocycles. The zero-order chi connectivity index (χ0) is 14.5. The number of rotatable bonds is 7. The van der Waals surface area contributed by atoms with E-state index >= 15 is 0 Å². The highest BCUT2D eigenvalue weighted by molar-refractivity contribution is 7.89. The van der Waals surface area contributed by atoms with E-state index < -0.39 is 27.2 Å². The Bertz CT molecular complexity index is 420. The van der Waals surface area contributed by atoms with Crippen LogP contribution in [0.3, 0.4) is 0 Å². The van der Waals surface area contributed by atoms with Crippen molar-refractivity contribution in [1.29, 1.82) is 0 Å². The molecule has 0 amide bonds. The molecule has 0 aromatic rings. The summed E-state index contributed by atoms with van der Waals surface area (Å²) in [4.78, 5) is 11.6. The van der Waals surface area contributed by atoms with Gasteiger partial charge in [-0.3, -0.25) is 4.79 Å². The number of aliphatic hydroxyl groups is 1. The lowest BCUT2D eigenvalue weighted by Crippen LogP contribution is -2.43. The summed E-state index contributed by atoms with van der Waals surface area (Å²) in [5.41, 5.74) is 0. The molecule has 19 heavy (non-hydrogen) atoms. The minimum atomic E-state index is -3.63. The molecule has 0 heterocycles. The van der Waals surface area contributed by atoms with Gasteiger partial charge in [-0.25, -0.2) is 8.42 Å². The Morgan fingerprint density at radius 3 is 2.74 bits per heavy atom. The Morgan fingerprint density at radius 1 is 1.53 bits per heavy atom. The van der Waals surface area contributed by atoms with E-state index in [4.69, 9.17) is 5.11 Å². The third-order valence-corrected chi connectivity index (χ3v) is 5.76. The first-order valence-corrected chi connectivity index (χ1v) is 7.78. The van der Waals surface area contributed by atoms with Crippen LogP contribution in [-0.2, 0) is 19.6 Å². The van der Waals surface area contributed by atoms with Crippen LogP contribution in [-0.4, -0.2) is 55.9 Å². The maximum Gasteiger partial charge on any atom is 0.310 e. The lowest BCUT2D eigenvalue weighted by atomic mass is 10.1. The van der Waals surface area contributed by atoms with Crippen LogP contribution in [0.5, 0.6) is 0 Å². The molecule has 1 saturated carbocycles. The first-order chi connectivity index (χ1) is 8.98. The van der Waals surface area contributed by atoms with Crippen molar-refractivity contribution in [3.63, 3.8) is 0 Å². The van der Waals surface area contributed by atoms with Gasteiger partial charge in [-0.05, 0) is 12.8 Å². The highest BCUT2D eigenvalue weighted by Gasteiger charge is 2.44. The molecule has 2 atom stereocenters. The summed E-state index contributed by atoms with van der Waals surface area (Å²) in [7, 11) is -2.36. The molecule has 1 aliphatic rings. The van der Waals surface area contributed by atoms with E-state index in [0.717, 1.165) is 0 Å². The van der Waals surface area contributed by atoms with Gasteiger partial charge in [0, 0.05) is 13.1 Å². The number of carbonyl (C=O) groups is 1. The SMILES string of the molecule is C=CCN(CCO)S(=O)(=O)C1CCCC1C(=O)OC. The van der Waals surface area contributed by atoms with E-state index in [-0.39, 0.29) is 19.7 Å². The molecule has 0 radical (unpaired) electrons. The number of carbonyl (C=O) groups excluding carboxylic acids is 1. The standard InChI is InChI=1S/C12H21NO5S/c1-3-7-13(8-9-14)19(16,17)11-6-4-5-10(11)12(15)18-2/h3,10-11,14H,1,4-9H2,2H3. The molecule has 110 valence electrons. The van der Waals surface area contributed by atoms with Crippen molar-refractivity contribution in [3.8, 4) is 0 Å². The minimum absolute atomic E-state index is 0.0126. The molecule has 0 aromatic heterocycles. The first-order valence-electron chi connectivity index (χ1n) is 6.27. The minimum Gasteiger partial charge on any atom is -0.469 e. The number of nitrogens with zero attached hydrogens (tertiary/aromatic N) is 1. The quantitative estimate of drug-likeness (QED) is 0.533. The monoisotopic (exact) mass is 291 g/mol. The number of sulfonamides is 1. The Hall–Kier alpha value is -0.920. The van der Waals surface area contributed by atoms with Gasteiger partial charge in [0.25, 0.3) is 0 Å². The van der Waals surface area contributed by atoms with Crippen molar-refractivity contribution >= 4 is 16.0 Å². The zero-order valence-corrected chi connectivity index (χ0v) is 11.9. The number of ether oxygens (including phenoxy) is 1. The van der Waals surface area contributed by atoms with E-state index in [2.05, 4.69) is 11.3 Å². The van der Waals surface area contributed by atoms with Gasteiger partial charge in [-0.2, -0.15) is 4.31 Å². The number of hydrogen-bond acceptors (Lipinski definition) is 5. The molecule has 0 saturated heterocycles. The predicted octanol–water partition coefficient (Wildman–Crippen LogP) is 0.138. The van der Waals surface area contributed by atoms with E-state index in [0.29, 0.717) is 19.3 Å². The van der Waals surface area contributed by atoms with Crippen molar-refractivity contribution < 1.29 is 23.1 Å². The van der Waals surface area contributed by atoms with E-state index in [1.54, 1.807) is 0 Å². The lowest BCUT2D eigenvalue weighted by Gasteiger charge is -2.26. The second kappa shape index (κ2) is 7.02. The molecular weight excluding hydrogens is 270 g/mol. The molecule has 1 rings (SSSR count). The van der Waals surface area contributed by atoms with E-state index in [9.17, 15) is 13.2 Å². The molecule has 2 unspecified atom stereocenters. The molecule has 0 aromatic carbocycles. The summed E-state index contributed by atoms with van der Waals surface area (Å²) in [5.74, 6) is -1.09. The number of esters is 1. The van der Waals surface area contributed by atoms with Gasteiger partial charge < -0.3 is 9.84 Å². The molecule has 0 spiro atoms. The van der Waals surface area contributed by atoms with Crippen LogP contribution < -0.4 is 0 Å². The summed E-state index contributed by atoms with van der Waals surface area (Å²) < 4.78 is 30.8. The first kappa shape index (κ1) is 16.1. The van der Waals surface area contributed by atoms with Crippen LogP contribution in [0.4, 0.5) is 0 Å². The van der Waals surface area contributed by atoms with Crippen LogP contribution in [0.1, 0.15) is 19.3 Å². The zero-order valence-electron chi connectivity index (χ0n) is 11.1. The fourth-order valence-corrected chi connectivity index (χ4v) is 4.63. The van der Waals surface area contributed by atoms with Crippen LogP contribution in [0.15, 0.2) is 12.7 Å². The second-order valence-corrected chi connectivity index (χ2v) is 6.67. The molecule has 7 heteroatoms. The average Bonchev–Trinajstić information content (AvgIpc) is 2.87. The molecule has 1 N–H and O–H groups in total. The van der Waals surface area contributed by atoms with Gasteiger partial charge in [-0.1, -0.05) is 12.5 Å². The Labute approximate surface area is 114 Å².